The molecule has 1 saturated carbocycles. The first-order valence-electron chi connectivity index (χ1n) is 11.7. The molecule has 5 rings (SSSR count). The number of imidazole rings is 1. The third kappa shape index (κ3) is 4.75. The predicted octanol–water partition coefficient (Wildman–Crippen LogP) is 3.79. The molecule has 186 valence electrons. The van der Waals surface area contributed by atoms with Crippen molar-refractivity contribution in [2.75, 3.05) is 23.8 Å². The maximum Gasteiger partial charge on any atom is 0.224 e. The minimum Gasteiger partial charge on any atom is -0.381 e. The highest BCUT2D eigenvalue weighted by molar-refractivity contribution is 5.78. The lowest BCUT2D eigenvalue weighted by Gasteiger charge is -2.29. The number of nitrogens with zero attached hydrogens (tertiary/aromatic N) is 4. The Morgan fingerprint density at radius 1 is 1.03 bits per heavy atom. The van der Waals surface area contributed by atoms with Crippen molar-refractivity contribution in [1.29, 1.82) is 0 Å². The lowest BCUT2D eigenvalue weighted by Crippen LogP contribution is -2.29. The second-order valence-corrected chi connectivity index (χ2v) is 8.99. The zero-order valence-corrected chi connectivity index (χ0v) is 18.9. The van der Waals surface area contributed by atoms with Crippen LogP contribution in [0.25, 0.3) is 11.2 Å². The summed E-state index contributed by atoms with van der Waals surface area (Å²) in [6.07, 6.45) is 5.51. The van der Waals surface area contributed by atoms with E-state index in [0.717, 1.165) is 25.0 Å². The highest BCUT2D eigenvalue weighted by Gasteiger charge is 2.30. The van der Waals surface area contributed by atoms with E-state index >= 15 is 0 Å². The van der Waals surface area contributed by atoms with Crippen LogP contribution in [0.5, 0.6) is 0 Å². The van der Waals surface area contributed by atoms with Crippen molar-refractivity contribution in [3.63, 3.8) is 0 Å². The number of halogens is 3. The van der Waals surface area contributed by atoms with Crippen molar-refractivity contribution in [1.82, 2.24) is 19.5 Å². The van der Waals surface area contributed by atoms with Crippen LogP contribution in [0.15, 0.2) is 18.3 Å². The molecule has 2 aliphatic rings. The number of amides is 1. The van der Waals surface area contributed by atoms with Crippen molar-refractivity contribution in [3.05, 3.63) is 35.8 Å². The van der Waals surface area contributed by atoms with E-state index in [4.69, 9.17) is 10.5 Å². The molecule has 1 aliphatic heterocycles. The number of hydrogen-bond acceptors (Lipinski definition) is 7. The summed E-state index contributed by atoms with van der Waals surface area (Å²) >= 11 is 0. The van der Waals surface area contributed by atoms with Gasteiger partial charge >= 0.3 is 0 Å². The number of nitrogens with one attached hydrogen (secondary N) is 2. The summed E-state index contributed by atoms with van der Waals surface area (Å²) in [4.78, 5) is 25.1. The molecule has 9 nitrogen and oxygen atoms in total. The first-order chi connectivity index (χ1) is 16.9. The molecular formula is C23H26F3N7O2. The zero-order valence-electron chi connectivity index (χ0n) is 18.9. The van der Waals surface area contributed by atoms with Gasteiger partial charge in [0.05, 0.1) is 6.20 Å². The summed E-state index contributed by atoms with van der Waals surface area (Å²) < 4.78 is 49.8. The molecule has 0 radical (unpaired) electrons. The Hall–Kier alpha value is -3.41. The molecular weight excluding hydrogens is 463 g/mol. The van der Waals surface area contributed by atoms with Gasteiger partial charge in [-0.2, -0.15) is 4.98 Å². The molecule has 1 saturated heterocycles. The van der Waals surface area contributed by atoms with Gasteiger partial charge < -0.3 is 21.1 Å². The maximum atomic E-state index is 14.4. The number of benzene rings is 1. The summed E-state index contributed by atoms with van der Waals surface area (Å²) in [6, 6.07) is 1.57. The SMILES string of the molecule is NC(=O)C1CCC(n2c(Nc3c(F)ccc(F)c3F)nc3cnc(NC4CCOCC4)nc32)CC1. The standard InChI is InChI=1S/C23H26F3N7O2/c24-15-5-6-16(25)19(18(15)26)31-23-30-17-11-28-22(29-13-7-9-35-10-8-13)32-21(17)33(23)14-3-1-12(2-4-14)20(27)34/h5-6,11-14H,1-4,7-10H2,(H2,27,34)(H,30,31)(H,28,29,32). The van der Waals surface area contributed by atoms with E-state index in [0.29, 0.717) is 56.0 Å². The van der Waals surface area contributed by atoms with Crippen molar-refractivity contribution in [3.8, 4) is 0 Å². The number of aromatic nitrogens is 4. The summed E-state index contributed by atoms with van der Waals surface area (Å²) in [5, 5.41) is 5.95. The Kier molecular flexibility index (Phi) is 6.46. The molecule has 1 aromatic carbocycles. The molecule has 3 heterocycles. The third-order valence-electron chi connectivity index (χ3n) is 6.73. The molecule has 1 aliphatic carbocycles. The Labute approximate surface area is 199 Å². The van der Waals surface area contributed by atoms with Crippen LogP contribution < -0.4 is 16.4 Å². The van der Waals surface area contributed by atoms with Gasteiger partial charge in [-0.3, -0.25) is 9.36 Å². The molecule has 2 aromatic heterocycles. The topological polar surface area (TPSA) is 120 Å². The smallest absolute Gasteiger partial charge is 0.224 e. The fourth-order valence-corrected chi connectivity index (χ4v) is 4.79. The minimum absolute atomic E-state index is 0.114. The van der Waals surface area contributed by atoms with Gasteiger partial charge in [-0.05, 0) is 50.7 Å². The van der Waals surface area contributed by atoms with E-state index in [-0.39, 0.29) is 29.9 Å². The lowest BCUT2D eigenvalue weighted by atomic mass is 9.85. The molecule has 2 fully saturated rings. The van der Waals surface area contributed by atoms with Crippen LogP contribution >= 0.6 is 0 Å². The largest absolute Gasteiger partial charge is 0.381 e. The minimum atomic E-state index is -1.34. The van der Waals surface area contributed by atoms with Gasteiger partial charge in [-0.25, -0.2) is 23.1 Å². The van der Waals surface area contributed by atoms with Crippen molar-refractivity contribution >= 4 is 34.7 Å². The monoisotopic (exact) mass is 489 g/mol. The van der Waals surface area contributed by atoms with Gasteiger partial charge in [-0.1, -0.05) is 0 Å². The summed E-state index contributed by atoms with van der Waals surface area (Å²) in [5.41, 5.74) is 5.73. The molecule has 35 heavy (non-hydrogen) atoms. The summed E-state index contributed by atoms with van der Waals surface area (Å²) in [6.45, 7) is 1.31. The molecule has 4 N–H and O–H groups in total. The van der Waals surface area contributed by atoms with Gasteiger partial charge in [0.15, 0.2) is 17.3 Å². The van der Waals surface area contributed by atoms with Crippen LogP contribution in [0.4, 0.5) is 30.8 Å². The molecule has 0 atom stereocenters. The zero-order chi connectivity index (χ0) is 24.5. The number of primary amides is 1. The average Bonchev–Trinajstić information content (AvgIpc) is 3.22. The van der Waals surface area contributed by atoms with Crippen LogP contribution in [0, 0.1) is 23.4 Å². The van der Waals surface area contributed by atoms with Gasteiger partial charge in [0, 0.05) is 31.2 Å². The Balaban J connectivity index is 1.53. The second-order valence-electron chi connectivity index (χ2n) is 8.99. The van der Waals surface area contributed by atoms with Crippen molar-refractivity contribution < 1.29 is 22.7 Å². The van der Waals surface area contributed by atoms with Gasteiger partial charge in [0.25, 0.3) is 0 Å². The number of anilines is 3. The highest BCUT2D eigenvalue weighted by Crippen LogP contribution is 2.37. The fourth-order valence-electron chi connectivity index (χ4n) is 4.79. The third-order valence-corrected chi connectivity index (χ3v) is 6.73. The number of ether oxygens (including phenoxy) is 1. The quantitative estimate of drug-likeness (QED) is 0.451. The van der Waals surface area contributed by atoms with E-state index in [2.05, 4.69) is 25.6 Å². The van der Waals surface area contributed by atoms with Crippen LogP contribution in [0.1, 0.15) is 44.6 Å². The number of rotatable bonds is 6. The van der Waals surface area contributed by atoms with Crippen LogP contribution in [-0.2, 0) is 9.53 Å². The second kappa shape index (κ2) is 9.68. The van der Waals surface area contributed by atoms with Crippen LogP contribution in [-0.4, -0.2) is 44.7 Å². The number of fused-ring (bicyclic) bond motifs is 1. The van der Waals surface area contributed by atoms with E-state index < -0.39 is 23.1 Å². The molecule has 12 heteroatoms. The molecule has 0 spiro atoms. The number of nitrogens with two attached hydrogens (primary N) is 1. The van der Waals surface area contributed by atoms with Crippen molar-refractivity contribution in [2.45, 2.75) is 50.6 Å². The molecule has 1 amide bonds. The molecule has 0 bridgehead atoms. The lowest BCUT2D eigenvalue weighted by molar-refractivity contribution is -0.122. The normalized spacial score (nSPS) is 21.2. The Morgan fingerprint density at radius 3 is 2.46 bits per heavy atom. The van der Waals surface area contributed by atoms with Crippen LogP contribution in [0.2, 0.25) is 0 Å². The number of hydrogen-bond donors (Lipinski definition) is 3. The van der Waals surface area contributed by atoms with Crippen LogP contribution in [0.3, 0.4) is 0 Å². The predicted molar refractivity (Wildman–Crippen MR) is 123 cm³/mol. The average molecular weight is 490 g/mol. The van der Waals surface area contributed by atoms with E-state index in [1.54, 1.807) is 10.8 Å². The Bertz CT molecular complexity index is 1240. The maximum absolute atomic E-state index is 14.4. The van der Waals surface area contributed by atoms with E-state index in [1.165, 1.54) is 0 Å². The molecule has 0 unspecified atom stereocenters. The highest BCUT2D eigenvalue weighted by atomic mass is 19.2. The van der Waals surface area contributed by atoms with Crippen molar-refractivity contribution in [2.24, 2.45) is 11.7 Å². The summed E-state index contributed by atoms with van der Waals surface area (Å²) in [7, 11) is 0. The number of carbonyl (C=O) groups excluding carboxylic acids is 1. The van der Waals surface area contributed by atoms with Gasteiger partial charge in [-0.15, -0.1) is 0 Å². The number of carbonyl (C=O) groups is 1. The van der Waals surface area contributed by atoms with Gasteiger partial charge in [0.2, 0.25) is 17.8 Å². The first-order valence-corrected chi connectivity index (χ1v) is 11.7. The first kappa shape index (κ1) is 23.3. The fraction of sp³-hybridized carbons (Fsp3) is 0.478. The van der Waals surface area contributed by atoms with E-state index in [9.17, 15) is 18.0 Å². The van der Waals surface area contributed by atoms with Gasteiger partial charge in [0.1, 0.15) is 17.0 Å². The summed E-state index contributed by atoms with van der Waals surface area (Å²) in [5.74, 6) is -3.51. The molecule has 3 aromatic rings. The van der Waals surface area contributed by atoms with E-state index in [1.807, 2.05) is 0 Å². The Morgan fingerprint density at radius 2 is 1.74 bits per heavy atom.